The molecule has 0 unspecified atom stereocenters. The number of nitriles is 1. The van der Waals surface area contributed by atoms with Crippen LogP contribution in [0.2, 0.25) is 5.02 Å². The molecular weight excluding hydrogens is 350 g/mol. The number of amides is 1. The van der Waals surface area contributed by atoms with E-state index in [4.69, 9.17) is 16.9 Å². The number of hydrogen-bond acceptors (Lipinski definition) is 4. The number of nitrogens with zero attached hydrogens (tertiary/aromatic N) is 3. The summed E-state index contributed by atoms with van der Waals surface area (Å²) in [4.78, 5) is 28.7. The lowest BCUT2D eigenvalue weighted by Crippen LogP contribution is -2.49. The van der Waals surface area contributed by atoms with E-state index in [1.165, 1.54) is 0 Å². The normalized spacial score (nSPS) is 14.7. The Balaban J connectivity index is 1.55. The average molecular weight is 368 g/mol. The van der Waals surface area contributed by atoms with Gasteiger partial charge in [-0.3, -0.25) is 14.5 Å². The lowest BCUT2D eigenvalue weighted by atomic mass is 10.1. The minimum atomic E-state index is -0.0780. The Labute approximate surface area is 157 Å². The van der Waals surface area contributed by atoms with Gasteiger partial charge in [0.05, 0.1) is 18.2 Å². The molecule has 0 saturated carbocycles. The van der Waals surface area contributed by atoms with Crippen LogP contribution < -0.4 is 0 Å². The van der Waals surface area contributed by atoms with Gasteiger partial charge in [0.1, 0.15) is 0 Å². The molecule has 0 bridgehead atoms. The van der Waals surface area contributed by atoms with Gasteiger partial charge in [0.2, 0.25) is 0 Å². The fourth-order valence-electron chi connectivity index (χ4n) is 2.94. The van der Waals surface area contributed by atoms with Gasteiger partial charge in [0, 0.05) is 42.3 Å². The third-order valence-corrected chi connectivity index (χ3v) is 4.68. The van der Waals surface area contributed by atoms with Crippen molar-refractivity contribution < 1.29 is 9.59 Å². The minimum absolute atomic E-state index is 0.0446. The summed E-state index contributed by atoms with van der Waals surface area (Å²) in [5, 5.41) is 9.57. The maximum absolute atomic E-state index is 12.6. The first-order valence-electron chi connectivity index (χ1n) is 8.37. The second-order valence-corrected chi connectivity index (χ2v) is 6.63. The van der Waals surface area contributed by atoms with E-state index in [0.29, 0.717) is 54.4 Å². The maximum Gasteiger partial charge on any atom is 0.253 e. The first kappa shape index (κ1) is 18.1. The van der Waals surface area contributed by atoms with Gasteiger partial charge in [-0.1, -0.05) is 17.7 Å². The fraction of sp³-hybridized carbons (Fsp3) is 0.250. The highest BCUT2D eigenvalue weighted by molar-refractivity contribution is 6.30. The molecule has 1 heterocycles. The molecule has 6 heteroatoms. The summed E-state index contributed by atoms with van der Waals surface area (Å²) in [5.74, 6) is -0.0334. The van der Waals surface area contributed by atoms with Gasteiger partial charge < -0.3 is 4.90 Å². The van der Waals surface area contributed by atoms with E-state index in [0.717, 1.165) is 0 Å². The highest BCUT2D eigenvalue weighted by atomic mass is 35.5. The lowest BCUT2D eigenvalue weighted by molar-refractivity contribution is 0.0624. The summed E-state index contributed by atoms with van der Waals surface area (Å²) in [7, 11) is 0. The number of rotatable bonds is 4. The Bertz CT molecular complexity index is 850. The molecule has 26 heavy (non-hydrogen) atoms. The van der Waals surface area contributed by atoms with Gasteiger partial charge in [-0.25, -0.2) is 0 Å². The molecular formula is C20H18ClN3O2. The topological polar surface area (TPSA) is 64.4 Å². The Hall–Kier alpha value is -2.68. The third-order valence-electron chi connectivity index (χ3n) is 4.43. The monoisotopic (exact) mass is 367 g/mol. The molecule has 0 radical (unpaired) electrons. The summed E-state index contributed by atoms with van der Waals surface area (Å²) in [6.07, 6.45) is 0. The molecule has 0 atom stereocenters. The van der Waals surface area contributed by atoms with E-state index in [9.17, 15) is 9.59 Å². The van der Waals surface area contributed by atoms with Crippen molar-refractivity contribution in [1.82, 2.24) is 9.80 Å². The number of carbonyl (C=O) groups is 2. The van der Waals surface area contributed by atoms with Crippen molar-refractivity contribution >= 4 is 23.3 Å². The van der Waals surface area contributed by atoms with Crippen LogP contribution in [-0.4, -0.2) is 54.2 Å². The Morgan fingerprint density at radius 2 is 1.69 bits per heavy atom. The van der Waals surface area contributed by atoms with Crippen LogP contribution in [0.25, 0.3) is 0 Å². The van der Waals surface area contributed by atoms with Gasteiger partial charge in [-0.2, -0.15) is 5.26 Å². The van der Waals surface area contributed by atoms with Crippen molar-refractivity contribution in [3.05, 3.63) is 70.2 Å². The number of Topliss-reactive ketones (excluding diaryl/α,β-unsaturated/α-hetero) is 1. The quantitative estimate of drug-likeness (QED) is 0.779. The molecule has 1 aliphatic heterocycles. The zero-order valence-electron chi connectivity index (χ0n) is 14.2. The van der Waals surface area contributed by atoms with E-state index >= 15 is 0 Å². The third kappa shape index (κ3) is 4.29. The van der Waals surface area contributed by atoms with Crippen LogP contribution >= 0.6 is 11.6 Å². The van der Waals surface area contributed by atoms with Crippen molar-refractivity contribution in [2.75, 3.05) is 32.7 Å². The minimum Gasteiger partial charge on any atom is -0.336 e. The molecule has 1 saturated heterocycles. The lowest BCUT2D eigenvalue weighted by Gasteiger charge is -2.34. The van der Waals surface area contributed by atoms with Crippen molar-refractivity contribution in [2.45, 2.75) is 0 Å². The molecule has 2 aromatic carbocycles. The first-order chi connectivity index (χ1) is 12.6. The number of piperazine rings is 1. The molecule has 2 aromatic rings. The van der Waals surface area contributed by atoms with Crippen LogP contribution in [0, 0.1) is 11.3 Å². The number of ketones is 1. The first-order valence-corrected chi connectivity index (χ1v) is 8.75. The molecule has 3 rings (SSSR count). The molecule has 5 nitrogen and oxygen atoms in total. The number of carbonyl (C=O) groups excluding carboxylic acids is 2. The van der Waals surface area contributed by atoms with Crippen molar-refractivity contribution in [2.24, 2.45) is 0 Å². The Kier molecular flexibility index (Phi) is 5.67. The second-order valence-electron chi connectivity index (χ2n) is 6.19. The molecule has 0 N–H and O–H groups in total. The number of benzene rings is 2. The Morgan fingerprint density at radius 1 is 1.00 bits per heavy atom. The molecule has 0 aromatic heterocycles. The fourth-order valence-corrected chi connectivity index (χ4v) is 3.07. The highest BCUT2D eigenvalue weighted by Crippen LogP contribution is 2.13. The molecule has 0 aliphatic carbocycles. The summed E-state index contributed by atoms with van der Waals surface area (Å²) in [5.41, 5.74) is 1.64. The molecule has 1 amide bonds. The van der Waals surface area contributed by atoms with Crippen LogP contribution in [0.4, 0.5) is 0 Å². The Morgan fingerprint density at radius 3 is 2.35 bits per heavy atom. The van der Waals surface area contributed by atoms with E-state index in [-0.39, 0.29) is 11.7 Å². The highest BCUT2D eigenvalue weighted by Gasteiger charge is 2.23. The smallest absolute Gasteiger partial charge is 0.253 e. The number of halogens is 1. The van der Waals surface area contributed by atoms with E-state index in [1.54, 1.807) is 53.4 Å². The second kappa shape index (κ2) is 8.13. The van der Waals surface area contributed by atoms with Crippen molar-refractivity contribution in [1.29, 1.82) is 5.26 Å². The van der Waals surface area contributed by atoms with E-state index < -0.39 is 0 Å². The SMILES string of the molecule is N#Cc1cccc(C(=O)N2CCN(CC(=O)c3ccc(Cl)cc3)CC2)c1. The predicted octanol–water partition coefficient (Wildman–Crippen LogP) is 2.85. The molecule has 132 valence electrons. The summed E-state index contributed by atoms with van der Waals surface area (Å²) in [6.45, 7) is 2.73. The summed E-state index contributed by atoms with van der Waals surface area (Å²) in [6, 6.07) is 15.6. The van der Waals surface area contributed by atoms with E-state index in [2.05, 4.69) is 0 Å². The maximum atomic E-state index is 12.6. The van der Waals surface area contributed by atoms with Crippen LogP contribution in [0.15, 0.2) is 48.5 Å². The van der Waals surface area contributed by atoms with E-state index in [1.807, 2.05) is 11.0 Å². The zero-order valence-corrected chi connectivity index (χ0v) is 14.9. The van der Waals surface area contributed by atoms with Gasteiger partial charge in [-0.05, 0) is 42.5 Å². The zero-order chi connectivity index (χ0) is 18.5. The molecule has 0 spiro atoms. The van der Waals surface area contributed by atoms with Crippen molar-refractivity contribution in [3.63, 3.8) is 0 Å². The summed E-state index contributed by atoms with van der Waals surface area (Å²) < 4.78 is 0. The molecule has 1 fully saturated rings. The van der Waals surface area contributed by atoms with Crippen LogP contribution in [0.1, 0.15) is 26.3 Å². The average Bonchev–Trinajstić information content (AvgIpc) is 2.68. The van der Waals surface area contributed by atoms with Crippen LogP contribution in [-0.2, 0) is 0 Å². The van der Waals surface area contributed by atoms with Crippen LogP contribution in [0.3, 0.4) is 0 Å². The predicted molar refractivity (Wildman–Crippen MR) is 99.3 cm³/mol. The van der Waals surface area contributed by atoms with Gasteiger partial charge >= 0.3 is 0 Å². The number of hydrogen-bond donors (Lipinski definition) is 0. The van der Waals surface area contributed by atoms with Crippen molar-refractivity contribution in [3.8, 4) is 6.07 Å². The largest absolute Gasteiger partial charge is 0.336 e. The standard InChI is InChI=1S/C20H18ClN3O2/c21-18-6-4-16(5-7-18)19(25)14-23-8-10-24(11-9-23)20(26)17-3-1-2-15(12-17)13-22/h1-7,12H,8-11,14H2. The van der Waals surface area contributed by atoms with Crippen LogP contribution in [0.5, 0.6) is 0 Å². The van der Waals surface area contributed by atoms with Gasteiger partial charge in [0.25, 0.3) is 5.91 Å². The van der Waals surface area contributed by atoms with Gasteiger partial charge in [-0.15, -0.1) is 0 Å². The molecule has 1 aliphatic rings. The van der Waals surface area contributed by atoms with Gasteiger partial charge in [0.15, 0.2) is 5.78 Å². The summed E-state index contributed by atoms with van der Waals surface area (Å²) >= 11 is 5.85.